The van der Waals surface area contributed by atoms with Gasteiger partial charge in [-0.15, -0.1) is 0 Å². The minimum absolute atomic E-state index is 0.00747. The second-order valence-electron chi connectivity index (χ2n) is 10.0. The first-order chi connectivity index (χ1) is 12.5. The molecular formula is C22H30O5. The zero-order valence-corrected chi connectivity index (χ0v) is 16.7. The summed E-state index contributed by atoms with van der Waals surface area (Å²) in [5.41, 5.74) is -1.38. The maximum absolute atomic E-state index is 13.5. The van der Waals surface area contributed by atoms with E-state index in [9.17, 15) is 19.5 Å². The number of ether oxygens (including phenoxy) is 1. The number of Topliss-reactive ketones (excluding diaryl/α,β-unsaturated/α-hetero) is 2. The molecule has 4 aliphatic rings. The van der Waals surface area contributed by atoms with Gasteiger partial charge >= 0.3 is 5.97 Å². The topological polar surface area (TPSA) is 80.7 Å². The second kappa shape index (κ2) is 5.53. The molecule has 27 heavy (non-hydrogen) atoms. The predicted octanol–water partition coefficient (Wildman–Crippen LogP) is 2.85. The Morgan fingerprint density at radius 3 is 2.48 bits per heavy atom. The number of hydrogen-bond acceptors (Lipinski definition) is 5. The summed E-state index contributed by atoms with van der Waals surface area (Å²) in [5, 5.41) is 11.4. The number of esters is 1. The molecule has 4 saturated carbocycles. The average Bonchev–Trinajstić information content (AvgIpc) is 2.70. The fourth-order valence-electron chi connectivity index (χ4n) is 7.46. The highest BCUT2D eigenvalue weighted by Gasteiger charge is 2.75. The zero-order chi connectivity index (χ0) is 19.9. The molecule has 148 valence electrons. The van der Waals surface area contributed by atoms with Gasteiger partial charge < -0.3 is 9.84 Å². The van der Waals surface area contributed by atoms with E-state index in [-0.39, 0.29) is 34.7 Å². The zero-order valence-electron chi connectivity index (χ0n) is 16.7. The highest BCUT2D eigenvalue weighted by molar-refractivity contribution is 6.05. The first-order valence-corrected chi connectivity index (χ1v) is 10.1. The lowest BCUT2D eigenvalue weighted by Gasteiger charge is -2.64. The summed E-state index contributed by atoms with van der Waals surface area (Å²) in [4.78, 5) is 37.9. The highest BCUT2D eigenvalue weighted by Crippen LogP contribution is 2.71. The third-order valence-electron chi connectivity index (χ3n) is 8.69. The first kappa shape index (κ1) is 18.9. The normalized spacial score (nSPS) is 48.0. The lowest BCUT2D eigenvalue weighted by Crippen LogP contribution is -2.68. The molecule has 0 aromatic carbocycles. The number of aliphatic hydroxyl groups is 1. The van der Waals surface area contributed by atoms with Crippen LogP contribution in [0.5, 0.6) is 0 Å². The Kier molecular flexibility index (Phi) is 3.86. The molecule has 0 aromatic rings. The minimum atomic E-state index is -1.10. The number of fused-ring (bicyclic) bond motifs is 3. The molecule has 0 aromatic heterocycles. The van der Waals surface area contributed by atoms with Crippen LogP contribution in [0.2, 0.25) is 0 Å². The summed E-state index contributed by atoms with van der Waals surface area (Å²) in [7, 11) is 0. The van der Waals surface area contributed by atoms with Gasteiger partial charge in [0.05, 0.1) is 11.5 Å². The quantitative estimate of drug-likeness (QED) is 0.564. The largest absolute Gasteiger partial charge is 0.461 e. The molecule has 4 aliphatic carbocycles. The molecule has 1 spiro atoms. The van der Waals surface area contributed by atoms with E-state index in [4.69, 9.17) is 4.74 Å². The van der Waals surface area contributed by atoms with Crippen LogP contribution < -0.4 is 0 Å². The van der Waals surface area contributed by atoms with Crippen LogP contribution in [0.4, 0.5) is 0 Å². The molecule has 0 heterocycles. The van der Waals surface area contributed by atoms with Crippen LogP contribution in [-0.2, 0) is 19.1 Å². The van der Waals surface area contributed by atoms with Crippen LogP contribution in [-0.4, -0.2) is 34.9 Å². The monoisotopic (exact) mass is 374 g/mol. The van der Waals surface area contributed by atoms with Gasteiger partial charge in [-0.3, -0.25) is 14.4 Å². The summed E-state index contributed by atoms with van der Waals surface area (Å²) < 4.78 is 5.70. The van der Waals surface area contributed by atoms with Gasteiger partial charge in [0.25, 0.3) is 0 Å². The van der Waals surface area contributed by atoms with Crippen LogP contribution in [0.1, 0.15) is 59.8 Å². The lowest BCUT2D eigenvalue weighted by molar-refractivity contribution is -0.229. The molecule has 7 atom stereocenters. The van der Waals surface area contributed by atoms with Gasteiger partial charge in [-0.25, -0.2) is 0 Å². The van der Waals surface area contributed by atoms with Gasteiger partial charge in [-0.1, -0.05) is 27.4 Å². The molecule has 4 fully saturated rings. The average molecular weight is 374 g/mol. The van der Waals surface area contributed by atoms with Crippen molar-refractivity contribution in [2.75, 3.05) is 0 Å². The van der Waals surface area contributed by atoms with Gasteiger partial charge in [0, 0.05) is 24.7 Å². The summed E-state index contributed by atoms with van der Waals surface area (Å²) in [6.07, 6.45) is 1.57. The van der Waals surface area contributed by atoms with Crippen molar-refractivity contribution in [3.8, 4) is 0 Å². The van der Waals surface area contributed by atoms with E-state index >= 15 is 0 Å². The molecule has 0 amide bonds. The number of rotatable bonds is 1. The molecule has 0 aliphatic heterocycles. The first-order valence-electron chi connectivity index (χ1n) is 10.1. The van der Waals surface area contributed by atoms with Gasteiger partial charge in [-0.05, 0) is 48.5 Å². The molecular weight excluding hydrogens is 344 g/mol. The molecule has 1 N–H and O–H groups in total. The summed E-state index contributed by atoms with van der Waals surface area (Å²) in [6.45, 7) is 11.5. The number of aliphatic hydroxyl groups excluding tert-OH is 1. The van der Waals surface area contributed by atoms with E-state index in [1.54, 1.807) is 0 Å². The number of ketones is 2. The van der Waals surface area contributed by atoms with Crippen LogP contribution in [0, 0.1) is 34.0 Å². The van der Waals surface area contributed by atoms with Gasteiger partial charge in [-0.2, -0.15) is 0 Å². The van der Waals surface area contributed by atoms with Crippen LogP contribution in [0.15, 0.2) is 12.2 Å². The SMILES string of the molecule is C=C1C(=O)[C@]23[C@H](O)C[C@H]4C(C)(C)C(=O)CC[C@]4(C)[C@H]2CC[C@@H]1[C@H]3OC(C)=O. The Labute approximate surface area is 160 Å². The van der Waals surface area contributed by atoms with E-state index in [1.165, 1.54) is 6.92 Å². The lowest BCUT2D eigenvalue weighted by atomic mass is 9.39. The Morgan fingerprint density at radius 2 is 1.85 bits per heavy atom. The molecule has 4 rings (SSSR count). The minimum Gasteiger partial charge on any atom is -0.461 e. The number of hydrogen-bond donors (Lipinski definition) is 1. The van der Waals surface area contributed by atoms with E-state index in [0.29, 0.717) is 18.4 Å². The highest BCUT2D eigenvalue weighted by atomic mass is 16.5. The molecule has 0 saturated heterocycles. The van der Waals surface area contributed by atoms with Crippen molar-refractivity contribution in [1.29, 1.82) is 0 Å². The van der Waals surface area contributed by atoms with Crippen molar-refractivity contribution in [3.05, 3.63) is 12.2 Å². The fourth-order valence-corrected chi connectivity index (χ4v) is 7.46. The van der Waals surface area contributed by atoms with Crippen LogP contribution in [0.3, 0.4) is 0 Å². The predicted molar refractivity (Wildman–Crippen MR) is 98.6 cm³/mol. The molecule has 0 unspecified atom stereocenters. The maximum atomic E-state index is 13.5. The van der Waals surface area contributed by atoms with Crippen molar-refractivity contribution in [3.63, 3.8) is 0 Å². The summed E-state index contributed by atoms with van der Waals surface area (Å²) >= 11 is 0. The molecule has 5 nitrogen and oxygen atoms in total. The van der Waals surface area contributed by atoms with Gasteiger partial charge in [0.15, 0.2) is 5.78 Å². The van der Waals surface area contributed by atoms with Crippen molar-refractivity contribution >= 4 is 17.5 Å². The summed E-state index contributed by atoms with van der Waals surface area (Å²) in [6, 6.07) is 0. The van der Waals surface area contributed by atoms with Crippen molar-refractivity contribution in [2.24, 2.45) is 34.0 Å². The smallest absolute Gasteiger partial charge is 0.302 e. The Hall–Kier alpha value is -1.49. The van der Waals surface area contributed by atoms with Gasteiger partial charge in [0.1, 0.15) is 11.9 Å². The van der Waals surface area contributed by atoms with Gasteiger partial charge in [0.2, 0.25) is 0 Å². The van der Waals surface area contributed by atoms with Crippen molar-refractivity contribution in [2.45, 2.75) is 72.0 Å². The Bertz CT molecular complexity index is 752. The molecule has 0 radical (unpaired) electrons. The van der Waals surface area contributed by atoms with E-state index in [2.05, 4.69) is 13.5 Å². The fraction of sp³-hybridized carbons (Fsp3) is 0.773. The van der Waals surface area contributed by atoms with E-state index < -0.39 is 29.0 Å². The third kappa shape index (κ3) is 2.07. The molecule has 2 bridgehead atoms. The number of carbonyl (C=O) groups excluding carboxylic acids is 3. The van der Waals surface area contributed by atoms with E-state index in [1.807, 2.05) is 13.8 Å². The summed E-state index contributed by atoms with van der Waals surface area (Å²) in [5.74, 6) is -0.619. The number of carbonyl (C=O) groups is 3. The second-order valence-corrected chi connectivity index (χ2v) is 10.0. The third-order valence-corrected chi connectivity index (χ3v) is 8.69. The standard InChI is InChI=1S/C22H30O5/c1-11-13-6-7-14-21(5)9-8-16(24)20(3,4)15(21)10-17(25)22(14,18(11)26)19(13)27-12(2)23/h13-15,17,19,25H,1,6-10H2,2-5H3/t13-,14+,15-,17+,19+,21+,22+/m0/s1. The maximum Gasteiger partial charge on any atom is 0.302 e. The molecule has 5 heteroatoms. The Morgan fingerprint density at radius 1 is 1.19 bits per heavy atom. The van der Waals surface area contributed by atoms with Crippen molar-refractivity contribution in [1.82, 2.24) is 0 Å². The van der Waals surface area contributed by atoms with Crippen molar-refractivity contribution < 1.29 is 24.2 Å². The van der Waals surface area contributed by atoms with Crippen LogP contribution in [0.25, 0.3) is 0 Å². The Balaban J connectivity index is 1.88. The van der Waals surface area contributed by atoms with E-state index in [0.717, 1.165) is 19.3 Å². The van der Waals surface area contributed by atoms with Crippen LogP contribution >= 0.6 is 0 Å².